The summed E-state index contributed by atoms with van der Waals surface area (Å²) in [7, 11) is -3.96. The molecule has 0 aliphatic heterocycles. The number of rotatable bonds is 6. The predicted octanol–water partition coefficient (Wildman–Crippen LogP) is 4.15. The van der Waals surface area contributed by atoms with Crippen LogP contribution in [-0.4, -0.2) is 20.4 Å². The number of hydrogen-bond donors (Lipinski definition) is 1. The maximum atomic E-state index is 13.0. The molecule has 0 bridgehead atoms. The Balaban J connectivity index is 1.62. The first kappa shape index (κ1) is 23.5. The van der Waals surface area contributed by atoms with Gasteiger partial charge in [-0.25, -0.2) is 18.0 Å². The third kappa shape index (κ3) is 4.69. The third-order valence-electron chi connectivity index (χ3n) is 5.77. The molecule has 1 unspecified atom stereocenters. The van der Waals surface area contributed by atoms with Crippen molar-refractivity contribution in [3.63, 3.8) is 0 Å². The quantitative estimate of drug-likeness (QED) is 0.317. The zero-order valence-corrected chi connectivity index (χ0v) is 20.0. The molecule has 174 valence electrons. The molecular formula is C24H24ClNO6S. The Bertz CT molecular complexity index is 1390. The minimum atomic E-state index is -3.96. The first-order valence-electron chi connectivity index (χ1n) is 10.7. The molecule has 7 nitrogen and oxygen atoms in total. The number of aryl methyl sites for hydroxylation is 2. The normalized spacial score (nSPS) is 14.5. The lowest BCUT2D eigenvalue weighted by Crippen LogP contribution is -2.46. The van der Waals surface area contributed by atoms with E-state index in [1.54, 1.807) is 32.0 Å². The maximum Gasteiger partial charge on any atom is 0.339 e. The largest absolute Gasteiger partial charge is 0.424 e. The second-order valence-corrected chi connectivity index (χ2v) is 10.7. The molecule has 33 heavy (non-hydrogen) atoms. The highest BCUT2D eigenvalue weighted by Crippen LogP contribution is 2.35. The van der Waals surface area contributed by atoms with Crippen molar-refractivity contribution >= 4 is 38.6 Å². The van der Waals surface area contributed by atoms with Gasteiger partial charge in [-0.05, 0) is 55.9 Å². The van der Waals surface area contributed by atoms with Crippen molar-refractivity contribution in [1.29, 1.82) is 0 Å². The zero-order chi connectivity index (χ0) is 23.9. The van der Waals surface area contributed by atoms with Crippen LogP contribution in [-0.2, 0) is 27.7 Å². The van der Waals surface area contributed by atoms with Crippen LogP contribution in [0.2, 0.25) is 5.02 Å². The van der Waals surface area contributed by atoms with E-state index in [0.29, 0.717) is 17.4 Å². The van der Waals surface area contributed by atoms with Gasteiger partial charge in [-0.2, -0.15) is 4.72 Å². The maximum absolute atomic E-state index is 13.0. The Morgan fingerprint density at radius 2 is 1.79 bits per heavy atom. The number of nitrogens with one attached hydrogen (secondary N) is 1. The molecule has 0 fully saturated rings. The van der Waals surface area contributed by atoms with Crippen LogP contribution in [0.1, 0.15) is 37.0 Å². The molecule has 4 rings (SSSR count). The Kier molecular flexibility index (Phi) is 6.35. The smallest absolute Gasteiger partial charge is 0.339 e. The number of hydrogen-bond acceptors (Lipinski definition) is 6. The summed E-state index contributed by atoms with van der Waals surface area (Å²) in [6.07, 6.45) is 2.28. The lowest BCUT2D eigenvalue weighted by atomic mass is 10.1. The van der Waals surface area contributed by atoms with Crippen LogP contribution in [0.4, 0.5) is 0 Å². The van der Waals surface area contributed by atoms with E-state index in [4.69, 9.17) is 20.8 Å². The van der Waals surface area contributed by atoms with E-state index in [1.165, 1.54) is 18.2 Å². The third-order valence-corrected chi connectivity index (χ3v) is 7.52. The van der Waals surface area contributed by atoms with Crippen LogP contribution in [0.5, 0.6) is 5.75 Å². The van der Waals surface area contributed by atoms with Gasteiger partial charge in [0.1, 0.15) is 11.6 Å². The number of benzene rings is 2. The number of esters is 1. The highest BCUT2D eigenvalue weighted by atomic mass is 35.5. The number of fused-ring (bicyclic) bond motifs is 3. The lowest BCUT2D eigenvalue weighted by molar-refractivity contribution is -0.137. The molecule has 1 heterocycles. The number of sulfonamides is 1. The number of carbonyl (C=O) groups excluding carboxylic acids is 1. The summed E-state index contributed by atoms with van der Waals surface area (Å²) < 4.78 is 38.9. The van der Waals surface area contributed by atoms with Crippen molar-refractivity contribution in [3.05, 3.63) is 68.5 Å². The van der Waals surface area contributed by atoms with Gasteiger partial charge in [0, 0.05) is 17.0 Å². The molecule has 0 saturated heterocycles. The van der Waals surface area contributed by atoms with E-state index in [2.05, 4.69) is 4.72 Å². The monoisotopic (exact) mass is 489 g/mol. The number of ether oxygens (including phenoxy) is 1. The molecular weight excluding hydrogens is 466 g/mol. The van der Waals surface area contributed by atoms with E-state index in [9.17, 15) is 18.0 Å². The molecule has 0 amide bonds. The van der Waals surface area contributed by atoms with Crippen LogP contribution in [0.15, 0.2) is 50.5 Å². The van der Waals surface area contributed by atoms with E-state index < -0.39 is 33.6 Å². The molecule has 1 aliphatic carbocycles. The second kappa shape index (κ2) is 8.93. The average molecular weight is 490 g/mol. The number of carbonyl (C=O) groups is 1. The van der Waals surface area contributed by atoms with Gasteiger partial charge in [-0.1, -0.05) is 43.1 Å². The molecule has 9 heteroatoms. The molecule has 0 saturated carbocycles. The van der Waals surface area contributed by atoms with Gasteiger partial charge in [-0.3, -0.25) is 0 Å². The van der Waals surface area contributed by atoms with Gasteiger partial charge in [-0.15, -0.1) is 0 Å². The van der Waals surface area contributed by atoms with Crippen molar-refractivity contribution in [1.82, 2.24) is 4.72 Å². The van der Waals surface area contributed by atoms with E-state index in [1.807, 2.05) is 6.92 Å². The van der Waals surface area contributed by atoms with E-state index in [0.717, 1.165) is 24.0 Å². The van der Waals surface area contributed by atoms with Gasteiger partial charge < -0.3 is 9.15 Å². The fourth-order valence-corrected chi connectivity index (χ4v) is 5.48. The topological polar surface area (TPSA) is 103 Å². The fourth-order valence-electron chi connectivity index (χ4n) is 3.94. The molecule has 0 spiro atoms. The molecule has 2 aromatic carbocycles. The van der Waals surface area contributed by atoms with Gasteiger partial charge >= 0.3 is 11.6 Å². The van der Waals surface area contributed by atoms with Crippen molar-refractivity contribution in [2.45, 2.75) is 51.0 Å². The summed E-state index contributed by atoms with van der Waals surface area (Å²) in [6.45, 7) is 5.25. The molecule has 3 aromatic rings. The Labute approximate surface area is 196 Å². The summed E-state index contributed by atoms with van der Waals surface area (Å²) >= 11 is 6.38. The van der Waals surface area contributed by atoms with E-state index in [-0.39, 0.29) is 21.3 Å². The van der Waals surface area contributed by atoms with Gasteiger partial charge in [0.2, 0.25) is 10.0 Å². The van der Waals surface area contributed by atoms with Crippen LogP contribution < -0.4 is 15.1 Å². The summed E-state index contributed by atoms with van der Waals surface area (Å²) in [4.78, 5) is 25.3. The summed E-state index contributed by atoms with van der Waals surface area (Å²) in [6, 6.07) is 8.17. The van der Waals surface area contributed by atoms with Crippen molar-refractivity contribution in [2.75, 3.05) is 0 Å². The van der Waals surface area contributed by atoms with Crippen LogP contribution in [0.25, 0.3) is 11.0 Å². The first-order chi connectivity index (χ1) is 15.6. The standard InChI is InChI=1S/C24H24ClNO6S/c1-13(2)22(26-33(29,30)15-9-7-14(3)8-10-15)24(28)32-21-12-20-18(11-19(21)25)16-5-4-6-17(16)23(27)31-20/h7-13,22,26H,4-6H2,1-3H3. The van der Waals surface area contributed by atoms with Crippen molar-refractivity contribution < 1.29 is 22.4 Å². The molecule has 1 N–H and O–H groups in total. The molecule has 0 radical (unpaired) electrons. The number of halogens is 1. The van der Waals surface area contributed by atoms with Gasteiger partial charge in [0.05, 0.1) is 9.92 Å². The first-order valence-corrected chi connectivity index (χ1v) is 12.5. The zero-order valence-electron chi connectivity index (χ0n) is 18.5. The van der Waals surface area contributed by atoms with Crippen LogP contribution in [0.3, 0.4) is 0 Å². The van der Waals surface area contributed by atoms with E-state index >= 15 is 0 Å². The van der Waals surface area contributed by atoms with Crippen molar-refractivity contribution in [3.8, 4) is 5.75 Å². The van der Waals surface area contributed by atoms with Crippen LogP contribution >= 0.6 is 11.6 Å². The summed E-state index contributed by atoms with van der Waals surface area (Å²) in [5.74, 6) is -1.22. The highest BCUT2D eigenvalue weighted by Gasteiger charge is 2.31. The molecule has 1 aliphatic rings. The lowest BCUT2D eigenvalue weighted by Gasteiger charge is -2.21. The minimum Gasteiger partial charge on any atom is -0.424 e. The molecule has 1 aromatic heterocycles. The van der Waals surface area contributed by atoms with Crippen molar-refractivity contribution in [2.24, 2.45) is 5.92 Å². The Morgan fingerprint density at radius 1 is 1.12 bits per heavy atom. The predicted molar refractivity (Wildman–Crippen MR) is 125 cm³/mol. The average Bonchev–Trinajstić information content (AvgIpc) is 3.24. The Morgan fingerprint density at radius 3 is 2.45 bits per heavy atom. The van der Waals surface area contributed by atoms with Gasteiger partial charge in [0.15, 0.2) is 5.75 Å². The minimum absolute atomic E-state index is 0.00422. The van der Waals surface area contributed by atoms with Gasteiger partial charge in [0.25, 0.3) is 0 Å². The van der Waals surface area contributed by atoms with Crippen LogP contribution in [0, 0.1) is 12.8 Å². The summed E-state index contributed by atoms with van der Waals surface area (Å²) in [5, 5.41) is 0.884. The SMILES string of the molecule is Cc1ccc(S(=O)(=O)NC(C(=O)Oc2cc3oc(=O)c4c(c3cc2Cl)CCC4)C(C)C)cc1. The second-order valence-electron chi connectivity index (χ2n) is 8.56. The fraction of sp³-hybridized carbons (Fsp3) is 0.333. The Hall–Kier alpha value is -2.68. The molecule has 1 atom stereocenters. The highest BCUT2D eigenvalue weighted by molar-refractivity contribution is 7.89. The summed E-state index contributed by atoms with van der Waals surface area (Å²) in [5.41, 5.74) is 2.35.